The van der Waals surface area contributed by atoms with Crippen molar-refractivity contribution in [2.24, 2.45) is 0 Å². The lowest BCUT2D eigenvalue weighted by atomic mass is 10.1. The summed E-state index contributed by atoms with van der Waals surface area (Å²) in [7, 11) is 0. The Morgan fingerprint density at radius 2 is 1.56 bits per heavy atom. The molecule has 0 heterocycles. The van der Waals surface area contributed by atoms with Gasteiger partial charge in [0.15, 0.2) is 0 Å². The van der Waals surface area contributed by atoms with Gasteiger partial charge in [-0.2, -0.15) is 0 Å². The molecule has 2 rings (SSSR count). The Bertz CT molecular complexity index is 832. The van der Waals surface area contributed by atoms with E-state index in [1.165, 1.54) is 0 Å². The molecule has 0 radical (unpaired) electrons. The first-order valence-corrected chi connectivity index (χ1v) is 8.68. The van der Waals surface area contributed by atoms with Crippen molar-refractivity contribution >= 4 is 35.0 Å². The van der Waals surface area contributed by atoms with Crippen molar-refractivity contribution in [3.63, 3.8) is 0 Å². The van der Waals surface area contributed by atoms with E-state index in [2.05, 4.69) is 16.0 Å². The van der Waals surface area contributed by atoms with E-state index in [0.717, 1.165) is 5.56 Å². The Morgan fingerprint density at radius 1 is 0.889 bits per heavy atom. The smallest absolute Gasteiger partial charge is 0.411 e. The summed E-state index contributed by atoms with van der Waals surface area (Å²) in [6.07, 6.45) is -0.168. The lowest BCUT2D eigenvalue weighted by Gasteiger charge is -2.12. The number of carbonyl (C=O) groups is 3. The molecule has 0 saturated carbocycles. The lowest BCUT2D eigenvalue weighted by molar-refractivity contribution is -0.115. The van der Waals surface area contributed by atoms with Crippen molar-refractivity contribution in [3.05, 3.63) is 53.6 Å². The summed E-state index contributed by atoms with van der Waals surface area (Å²) in [6, 6.07) is 11.8. The van der Waals surface area contributed by atoms with Crippen molar-refractivity contribution in [3.8, 4) is 0 Å². The molecular formula is C20H23N3O4. The highest BCUT2D eigenvalue weighted by molar-refractivity contribution is 6.05. The number of rotatable bonds is 6. The predicted octanol–water partition coefficient (Wildman–Crippen LogP) is 4.16. The van der Waals surface area contributed by atoms with Gasteiger partial charge in [-0.3, -0.25) is 14.9 Å². The summed E-state index contributed by atoms with van der Waals surface area (Å²) in [5, 5.41) is 8.17. The van der Waals surface area contributed by atoms with Crippen LogP contribution in [-0.2, 0) is 9.53 Å². The number of anilines is 3. The molecule has 0 fully saturated rings. The number of aryl methyl sites for hydroxylation is 1. The number of amides is 3. The summed E-state index contributed by atoms with van der Waals surface area (Å²) in [6.45, 7) is 5.64. The largest absolute Gasteiger partial charge is 0.450 e. The minimum Gasteiger partial charge on any atom is -0.450 e. The molecule has 0 aromatic heterocycles. The molecule has 142 valence electrons. The van der Waals surface area contributed by atoms with Crippen LogP contribution in [0, 0.1) is 6.92 Å². The van der Waals surface area contributed by atoms with E-state index in [-0.39, 0.29) is 18.4 Å². The summed E-state index contributed by atoms with van der Waals surface area (Å²) < 4.78 is 4.80. The number of carbonyl (C=O) groups excluding carboxylic acids is 3. The first-order chi connectivity index (χ1) is 12.9. The van der Waals surface area contributed by atoms with Gasteiger partial charge < -0.3 is 15.4 Å². The molecule has 2 aromatic carbocycles. The van der Waals surface area contributed by atoms with Crippen LogP contribution in [0.4, 0.5) is 21.9 Å². The van der Waals surface area contributed by atoms with Crippen LogP contribution in [-0.4, -0.2) is 24.5 Å². The Morgan fingerprint density at radius 3 is 2.19 bits per heavy atom. The Balaban J connectivity index is 2.07. The highest BCUT2D eigenvalue weighted by Gasteiger charge is 2.10. The third-order valence-corrected chi connectivity index (χ3v) is 3.76. The van der Waals surface area contributed by atoms with Crippen LogP contribution in [0.25, 0.3) is 0 Å². The van der Waals surface area contributed by atoms with Crippen LogP contribution in [0.2, 0.25) is 0 Å². The van der Waals surface area contributed by atoms with Gasteiger partial charge >= 0.3 is 6.09 Å². The summed E-state index contributed by atoms with van der Waals surface area (Å²) in [5.41, 5.74) is 3.08. The van der Waals surface area contributed by atoms with E-state index >= 15 is 0 Å². The molecule has 0 aliphatic carbocycles. The van der Waals surface area contributed by atoms with Crippen molar-refractivity contribution in [1.82, 2.24) is 0 Å². The van der Waals surface area contributed by atoms with Gasteiger partial charge in [-0.25, -0.2) is 4.79 Å². The maximum atomic E-state index is 12.5. The van der Waals surface area contributed by atoms with E-state index in [4.69, 9.17) is 4.74 Å². The van der Waals surface area contributed by atoms with Gasteiger partial charge in [-0.05, 0) is 55.8 Å². The average Bonchev–Trinajstić information content (AvgIpc) is 2.65. The Labute approximate surface area is 158 Å². The molecule has 0 aliphatic rings. The van der Waals surface area contributed by atoms with E-state index in [0.29, 0.717) is 29.0 Å². The monoisotopic (exact) mass is 369 g/mol. The first-order valence-electron chi connectivity index (χ1n) is 8.68. The molecule has 0 atom stereocenters. The van der Waals surface area contributed by atoms with Gasteiger partial charge in [0.1, 0.15) is 0 Å². The molecule has 0 aliphatic heterocycles. The maximum Gasteiger partial charge on any atom is 0.411 e. The summed E-state index contributed by atoms with van der Waals surface area (Å²) >= 11 is 0. The minimum atomic E-state index is -0.545. The molecule has 0 spiro atoms. The molecule has 3 amide bonds. The van der Waals surface area contributed by atoms with Crippen LogP contribution in [0.1, 0.15) is 36.2 Å². The average molecular weight is 369 g/mol. The van der Waals surface area contributed by atoms with E-state index in [9.17, 15) is 14.4 Å². The third-order valence-electron chi connectivity index (χ3n) is 3.76. The number of hydrogen-bond acceptors (Lipinski definition) is 4. The van der Waals surface area contributed by atoms with Crippen LogP contribution in [0.5, 0.6) is 0 Å². The number of benzene rings is 2. The van der Waals surface area contributed by atoms with Crippen LogP contribution in [0.3, 0.4) is 0 Å². The number of hydrogen-bond donors (Lipinski definition) is 3. The van der Waals surface area contributed by atoms with E-state index in [1.807, 2.05) is 13.0 Å². The quantitative estimate of drug-likeness (QED) is 0.712. The summed E-state index contributed by atoms with van der Waals surface area (Å²) in [4.78, 5) is 35.4. The van der Waals surface area contributed by atoms with Gasteiger partial charge in [0.05, 0.1) is 6.61 Å². The third kappa shape index (κ3) is 5.85. The molecule has 0 unspecified atom stereocenters. The van der Waals surface area contributed by atoms with Crippen molar-refractivity contribution in [2.45, 2.75) is 27.2 Å². The van der Waals surface area contributed by atoms with Crippen LogP contribution >= 0.6 is 0 Å². The van der Waals surface area contributed by atoms with Gasteiger partial charge in [-0.15, -0.1) is 0 Å². The van der Waals surface area contributed by atoms with Gasteiger partial charge in [0.25, 0.3) is 5.91 Å². The van der Waals surface area contributed by atoms with Gasteiger partial charge in [0, 0.05) is 29.0 Å². The minimum absolute atomic E-state index is 0.0965. The fraction of sp³-hybridized carbons (Fsp3) is 0.250. The van der Waals surface area contributed by atoms with Gasteiger partial charge in [0.2, 0.25) is 5.91 Å². The summed E-state index contributed by atoms with van der Waals surface area (Å²) in [5.74, 6) is -0.388. The van der Waals surface area contributed by atoms with Crippen molar-refractivity contribution in [1.29, 1.82) is 0 Å². The Hall–Kier alpha value is -3.35. The highest BCUT2D eigenvalue weighted by atomic mass is 16.5. The van der Waals surface area contributed by atoms with E-state index in [1.54, 1.807) is 50.2 Å². The molecule has 2 aromatic rings. The molecular weight excluding hydrogens is 346 g/mol. The molecule has 0 bridgehead atoms. The van der Waals surface area contributed by atoms with Gasteiger partial charge in [-0.1, -0.05) is 13.0 Å². The predicted molar refractivity (Wildman–Crippen MR) is 105 cm³/mol. The zero-order valence-corrected chi connectivity index (χ0v) is 15.6. The first kappa shape index (κ1) is 20.0. The normalized spacial score (nSPS) is 10.0. The van der Waals surface area contributed by atoms with E-state index < -0.39 is 6.09 Å². The van der Waals surface area contributed by atoms with Crippen molar-refractivity contribution in [2.75, 3.05) is 22.6 Å². The molecule has 27 heavy (non-hydrogen) atoms. The number of nitrogens with one attached hydrogen (secondary N) is 3. The zero-order chi connectivity index (χ0) is 19.8. The number of ether oxygens (including phenoxy) is 1. The molecule has 7 nitrogen and oxygen atoms in total. The SMILES string of the molecule is CCOC(=O)Nc1ccc(C(=O)Nc2cc(NC(=O)CC)ccc2C)cc1. The maximum absolute atomic E-state index is 12.5. The lowest BCUT2D eigenvalue weighted by Crippen LogP contribution is -2.15. The Kier molecular flexibility index (Phi) is 6.93. The van der Waals surface area contributed by atoms with Crippen LogP contribution < -0.4 is 16.0 Å². The fourth-order valence-corrected chi connectivity index (χ4v) is 2.27. The standard InChI is InChI=1S/C20H23N3O4/c1-4-18(24)21-16-9-6-13(3)17(12-16)23-19(25)14-7-10-15(11-8-14)22-20(26)27-5-2/h6-12H,4-5H2,1-3H3,(H,21,24)(H,22,26)(H,23,25). The molecule has 7 heteroatoms. The zero-order valence-electron chi connectivity index (χ0n) is 15.6. The van der Waals surface area contributed by atoms with Crippen molar-refractivity contribution < 1.29 is 19.1 Å². The topological polar surface area (TPSA) is 96.5 Å². The molecule has 3 N–H and O–H groups in total. The highest BCUT2D eigenvalue weighted by Crippen LogP contribution is 2.21. The molecule has 0 saturated heterocycles. The second-order valence-electron chi connectivity index (χ2n) is 5.81. The fourth-order valence-electron chi connectivity index (χ4n) is 2.27. The second kappa shape index (κ2) is 9.38. The second-order valence-corrected chi connectivity index (χ2v) is 5.81. The van der Waals surface area contributed by atoms with Crippen LogP contribution in [0.15, 0.2) is 42.5 Å².